The smallest absolute Gasteiger partial charge is 0.338 e. The van der Waals surface area contributed by atoms with Gasteiger partial charge in [0.05, 0.1) is 0 Å². The van der Waals surface area contributed by atoms with Crippen molar-refractivity contribution in [1.29, 1.82) is 0 Å². The van der Waals surface area contributed by atoms with Gasteiger partial charge in [-0.2, -0.15) is 0 Å². The predicted molar refractivity (Wildman–Crippen MR) is 76.8 cm³/mol. The quantitative estimate of drug-likeness (QED) is 0.560. The Labute approximate surface area is 123 Å². The van der Waals surface area contributed by atoms with Gasteiger partial charge in [0.1, 0.15) is 11.4 Å². The first kappa shape index (κ1) is 17.0. The summed E-state index contributed by atoms with van der Waals surface area (Å²) in [6.45, 7) is 4.94. The normalized spacial score (nSPS) is 14.3. The summed E-state index contributed by atoms with van der Waals surface area (Å²) in [5.41, 5.74) is 3.61. The van der Waals surface area contributed by atoms with E-state index in [2.05, 4.69) is 0 Å². The van der Waals surface area contributed by atoms with Gasteiger partial charge in [-0.15, -0.1) is 0 Å². The highest BCUT2D eigenvalue weighted by molar-refractivity contribution is 6.03. The van der Waals surface area contributed by atoms with E-state index in [0.29, 0.717) is 0 Å². The van der Waals surface area contributed by atoms with Crippen molar-refractivity contribution in [2.45, 2.75) is 44.8 Å². The molecule has 1 rings (SSSR count). The number of carboxylic acids is 1. The molecule has 6 nitrogen and oxygen atoms in total. The van der Waals surface area contributed by atoms with Crippen LogP contribution in [0.5, 0.6) is 5.75 Å². The third-order valence-corrected chi connectivity index (χ3v) is 2.89. The molecule has 0 bridgehead atoms. The van der Waals surface area contributed by atoms with Gasteiger partial charge in [0.25, 0.3) is 0 Å². The lowest BCUT2D eigenvalue weighted by Gasteiger charge is -2.28. The third-order valence-electron chi connectivity index (χ3n) is 2.89. The van der Waals surface area contributed by atoms with Crippen molar-refractivity contribution in [2.75, 3.05) is 0 Å². The number of carbonyl (C=O) groups excluding carboxylic acids is 1. The average Bonchev–Trinajstić information content (AvgIpc) is 2.35. The molecule has 0 unspecified atom stereocenters. The Balaban J connectivity index is 2.83. The molecular formula is C15H21NO5. The van der Waals surface area contributed by atoms with Crippen LogP contribution in [-0.4, -0.2) is 33.3 Å². The summed E-state index contributed by atoms with van der Waals surface area (Å²) in [6.07, 6.45) is 0.185. The number of aromatic hydroxyl groups is 1. The number of carboxylic acid groups (broad SMARTS) is 1. The summed E-state index contributed by atoms with van der Waals surface area (Å²) in [6, 6.07) is 6.27. The monoisotopic (exact) mass is 295 g/mol. The lowest BCUT2D eigenvalue weighted by atomic mass is 9.92. The van der Waals surface area contributed by atoms with Gasteiger partial charge in [-0.25, -0.2) is 9.59 Å². The van der Waals surface area contributed by atoms with Gasteiger partial charge < -0.3 is 20.7 Å². The number of hydrogen-bond donors (Lipinski definition) is 3. The largest absolute Gasteiger partial charge is 0.508 e. The van der Waals surface area contributed by atoms with E-state index >= 15 is 0 Å². The summed E-state index contributed by atoms with van der Waals surface area (Å²) >= 11 is 0. The van der Waals surface area contributed by atoms with E-state index < -0.39 is 23.1 Å². The van der Waals surface area contributed by atoms with Gasteiger partial charge in [-0.3, -0.25) is 0 Å². The van der Waals surface area contributed by atoms with Gasteiger partial charge >= 0.3 is 11.9 Å². The number of carbonyl (C=O) groups is 2. The second-order valence-electron chi connectivity index (χ2n) is 5.94. The van der Waals surface area contributed by atoms with Crippen molar-refractivity contribution >= 4 is 11.9 Å². The van der Waals surface area contributed by atoms with Crippen LogP contribution in [0.4, 0.5) is 0 Å². The predicted octanol–water partition coefficient (Wildman–Crippen LogP) is 1.45. The molecule has 6 heteroatoms. The highest BCUT2D eigenvalue weighted by Gasteiger charge is 2.45. The molecule has 0 aromatic heterocycles. The second-order valence-corrected chi connectivity index (χ2v) is 5.94. The number of aryl methyl sites for hydroxylation is 1. The molecule has 0 fully saturated rings. The molecule has 0 amide bonds. The van der Waals surface area contributed by atoms with Crippen LogP contribution in [0.15, 0.2) is 24.3 Å². The van der Waals surface area contributed by atoms with Crippen LogP contribution in [0.25, 0.3) is 0 Å². The van der Waals surface area contributed by atoms with Crippen molar-refractivity contribution in [3.05, 3.63) is 29.8 Å². The van der Waals surface area contributed by atoms with Crippen molar-refractivity contribution < 1.29 is 24.5 Å². The Morgan fingerprint density at radius 3 is 2.14 bits per heavy atom. The summed E-state index contributed by atoms with van der Waals surface area (Å²) in [5, 5.41) is 18.5. The lowest BCUT2D eigenvalue weighted by Crippen LogP contribution is -2.57. The van der Waals surface area contributed by atoms with Crippen molar-refractivity contribution in [3.8, 4) is 5.75 Å². The number of rotatable bonds is 5. The van der Waals surface area contributed by atoms with Crippen LogP contribution < -0.4 is 5.73 Å². The fourth-order valence-electron chi connectivity index (χ4n) is 1.67. The minimum atomic E-state index is -2.09. The molecule has 1 aromatic carbocycles. The Morgan fingerprint density at radius 2 is 1.71 bits per heavy atom. The van der Waals surface area contributed by atoms with Crippen LogP contribution in [-0.2, 0) is 20.7 Å². The van der Waals surface area contributed by atoms with E-state index in [-0.39, 0.29) is 18.6 Å². The zero-order valence-electron chi connectivity index (χ0n) is 12.4. The Bertz CT molecular complexity index is 518. The SMILES string of the molecule is CC(C)(C)OC(=O)[C@@](N)(CCc1ccc(O)cc1)C(=O)O. The number of hydrogen-bond acceptors (Lipinski definition) is 5. The Morgan fingerprint density at radius 1 is 1.19 bits per heavy atom. The van der Waals surface area contributed by atoms with Crippen LogP contribution >= 0.6 is 0 Å². The van der Waals surface area contributed by atoms with Gasteiger partial charge in [-0.05, 0) is 51.3 Å². The third kappa shape index (κ3) is 4.75. The van der Waals surface area contributed by atoms with Crippen LogP contribution in [0.3, 0.4) is 0 Å². The Kier molecular flexibility index (Phi) is 4.96. The molecule has 0 aliphatic heterocycles. The number of aliphatic carboxylic acids is 1. The molecular weight excluding hydrogens is 274 g/mol. The number of phenols is 1. The van der Waals surface area contributed by atoms with Crippen LogP contribution in [0.1, 0.15) is 32.8 Å². The van der Waals surface area contributed by atoms with Crippen molar-refractivity contribution in [1.82, 2.24) is 0 Å². The summed E-state index contributed by atoms with van der Waals surface area (Å²) in [7, 11) is 0. The first-order valence-corrected chi connectivity index (χ1v) is 6.58. The molecule has 0 radical (unpaired) electrons. The molecule has 4 N–H and O–H groups in total. The van der Waals surface area contributed by atoms with E-state index in [9.17, 15) is 19.8 Å². The minimum absolute atomic E-state index is 0.0952. The number of nitrogens with two attached hydrogens (primary N) is 1. The average molecular weight is 295 g/mol. The van der Waals surface area contributed by atoms with Crippen molar-refractivity contribution in [2.24, 2.45) is 5.73 Å². The zero-order chi connectivity index (χ0) is 16.3. The van der Waals surface area contributed by atoms with E-state index in [1.165, 1.54) is 12.1 Å². The molecule has 0 aliphatic carbocycles. The van der Waals surface area contributed by atoms with Gasteiger partial charge in [0.2, 0.25) is 5.54 Å². The summed E-state index contributed by atoms with van der Waals surface area (Å²) < 4.78 is 5.09. The number of phenolic OH excluding ortho intramolecular Hbond substituents is 1. The zero-order valence-corrected chi connectivity index (χ0v) is 12.4. The molecule has 1 aromatic rings. The first-order chi connectivity index (χ1) is 9.54. The van der Waals surface area contributed by atoms with Gasteiger partial charge in [-0.1, -0.05) is 12.1 Å². The second kappa shape index (κ2) is 6.13. The summed E-state index contributed by atoms with van der Waals surface area (Å²) in [5.74, 6) is -2.26. The topological polar surface area (TPSA) is 110 Å². The van der Waals surface area contributed by atoms with Crippen molar-refractivity contribution in [3.63, 3.8) is 0 Å². The number of esters is 1. The molecule has 1 atom stereocenters. The van der Waals surface area contributed by atoms with E-state index in [4.69, 9.17) is 10.5 Å². The molecule has 116 valence electrons. The first-order valence-electron chi connectivity index (χ1n) is 6.58. The van der Waals surface area contributed by atoms with Gasteiger partial charge in [0, 0.05) is 0 Å². The fraction of sp³-hybridized carbons (Fsp3) is 0.467. The molecule has 0 spiro atoms. The van der Waals surface area contributed by atoms with E-state index in [0.717, 1.165) is 5.56 Å². The van der Waals surface area contributed by atoms with Gasteiger partial charge in [0.15, 0.2) is 0 Å². The minimum Gasteiger partial charge on any atom is -0.508 e. The maximum atomic E-state index is 12.0. The van der Waals surface area contributed by atoms with E-state index in [1.807, 2.05) is 0 Å². The maximum absolute atomic E-state index is 12.0. The molecule has 21 heavy (non-hydrogen) atoms. The number of benzene rings is 1. The highest BCUT2D eigenvalue weighted by Crippen LogP contribution is 2.19. The Hall–Kier alpha value is -2.08. The summed E-state index contributed by atoms with van der Waals surface area (Å²) in [4.78, 5) is 23.4. The maximum Gasteiger partial charge on any atom is 0.338 e. The van der Waals surface area contributed by atoms with Crippen LogP contribution in [0, 0.1) is 0 Å². The fourth-order valence-corrected chi connectivity index (χ4v) is 1.67. The molecule has 0 saturated carbocycles. The standard InChI is InChI=1S/C15H21NO5/c1-14(2,3)21-13(20)15(16,12(18)19)9-8-10-4-6-11(17)7-5-10/h4-7,17H,8-9,16H2,1-3H3,(H,18,19)/t15-/m1/s1. The highest BCUT2D eigenvalue weighted by atomic mass is 16.6. The molecule has 0 aliphatic rings. The van der Waals surface area contributed by atoms with E-state index in [1.54, 1.807) is 32.9 Å². The van der Waals surface area contributed by atoms with Crippen LogP contribution in [0.2, 0.25) is 0 Å². The lowest BCUT2D eigenvalue weighted by molar-refractivity contribution is -0.169. The number of ether oxygens (including phenoxy) is 1. The molecule has 0 heterocycles. The molecule has 0 saturated heterocycles.